The fourth-order valence-corrected chi connectivity index (χ4v) is 9.40. The standard InChI is InChI=1S/C36H49NO9/c1-16-8-9-36(46-33(16)22-12-23(38)14-24(39)13-22)19(4)10-18(3)27(45-36)15-25-17(2)11-21-6-7-26(40)20(5)28(21)29(25)31(41)30-32(42)35(44)37-34(30)43/h11-14,16,18-21,25-29,33,35,38-41,44H,6-10,15H2,1-5H3,(H,37,43)/t16-,18-,19-,20-,21-,25+,26+,27+,28-,29-,33-,35?,36+/m0/s1. The second kappa shape index (κ2) is 12.3. The smallest absolute Gasteiger partial charge is 0.260 e. The van der Waals surface area contributed by atoms with Crippen LogP contribution in [0.4, 0.5) is 0 Å². The lowest BCUT2D eigenvalue weighted by Crippen LogP contribution is -2.55. The lowest BCUT2D eigenvalue weighted by Gasteiger charge is -2.54. The quantitative estimate of drug-likeness (QED) is 0.118. The van der Waals surface area contributed by atoms with Crippen molar-refractivity contribution in [2.45, 2.75) is 103 Å². The van der Waals surface area contributed by atoms with Gasteiger partial charge < -0.3 is 40.3 Å². The highest BCUT2D eigenvalue weighted by Gasteiger charge is 2.54. The van der Waals surface area contributed by atoms with Crippen LogP contribution in [0.3, 0.4) is 0 Å². The summed E-state index contributed by atoms with van der Waals surface area (Å²) in [6.07, 6.45) is 3.50. The number of rotatable bonds is 4. The van der Waals surface area contributed by atoms with Crippen LogP contribution in [-0.4, -0.2) is 61.4 Å². The van der Waals surface area contributed by atoms with Crippen molar-refractivity contribution in [2.75, 3.05) is 0 Å². The zero-order valence-corrected chi connectivity index (χ0v) is 27.3. The van der Waals surface area contributed by atoms with Crippen molar-refractivity contribution in [3.8, 4) is 11.5 Å². The summed E-state index contributed by atoms with van der Waals surface area (Å²) in [6.45, 7) is 10.4. The van der Waals surface area contributed by atoms with Gasteiger partial charge in [0.05, 0.1) is 18.3 Å². The average molecular weight is 640 g/mol. The minimum Gasteiger partial charge on any atom is -0.511 e. The first-order chi connectivity index (χ1) is 21.7. The number of benzene rings is 1. The Morgan fingerprint density at radius 2 is 1.67 bits per heavy atom. The van der Waals surface area contributed by atoms with Gasteiger partial charge in [0.15, 0.2) is 12.0 Å². The highest BCUT2D eigenvalue weighted by molar-refractivity contribution is 6.26. The number of fused-ring (bicyclic) bond motifs is 1. The molecule has 4 fully saturated rings. The maximum Gasteiger partial charge on any atom is 0.260 e. The predicted octanol–water partition coefficient (Wildman–Crippen LogP) is 4.78. The summed E-state index contributed by atoms with van der Waals surface area (Å²) in [5.41, 5.74) is 1.34. The summed E-state index contributed by atoms with van der Waals surface area (Å²) in [5, 5.41) is 55.5. The number of nitrogens with one attached hydrogen (secondary N) is 1. The summed E-state index contributed by atoms with van der Waals surface area (Å²) in [4.78, 5) is 25.7. The third-order valence-corrected chi connectivity index (χ3v) is 12.0. The highest BCUT2D eigenvalue weighted by Crippen LogP contribution is 2.55. The number of aliphatic hydroxyl groups excluding tert-OH is 3. The van der Waals surface area contributed by atoms with Crippen LogP contribution >= 0.6 is 0 Å². The number of Topliss-reactive ketones (excluding diaryl/α,β-unsaturated/α-hetero) is 1. The molecular formula is C36H49NO9. The van der Waals surface area contributed by atoms with Gasteiger partial charge in [-0.2, -0.15) is 0 Å². The van der Waals surface area contributed by atoms with Crippen LogP contribution in [0.15, 0.2) is 41.2 Å². The van der Waals surface area contributed by atoms with E-state index in [0.29, 0.717) is 24.8 Å². The molecule has 1 aromatic carbocycles. The van der Waals surface area contributed by atoms with E-state index < -0.39 is 47.4 Å². The van der Waals surface area contributed by atoms with Gasteiger partial charge in [-0.15, -0.1) is 0 Å². The summed E-state index contributed by atoms with van der Waals surface area (Å²) in [6, 6.07) is 4.54. The molecule has 3 saturated heterocycles. The molecule has 0 bridgehead atoms. The van der Waals surface area contributed by atoms with Crippen LogP contribution < -0.4 is 5.32 Å². The number of aromatic hydroxyl groups is 2. The largest absolute Gasteiger partial charge is 0.511 e. The lowest BCUT2D eigenvalue weighted by atomic mass is 9.56. The zero-order valence-electron chi connectivity index (χ0n) is 27.3. The van der Waals surface area contributed by atoms with Gasteiger partial charge in [-0.25, -0.2) is 0 Å². The number of hydrogen-bond donors (Lipinski definition) is 6. The van der Waals surface area contributed by atoms with E-state index in [4.69, 9.17) is 9.47 Å². The second-order valence-corrected chi connectivity index (χ2v) is 14.9. The first-order valence-electron chi connectivity index (χ1n) is 16.9. The molecule has 1 aromatic rings. The molecule has 1 saturated carbocycles. The maximum atomic E-state index is 12.9. The SMILES string of the molecule is CC1=C[C@@H]2CC[C@@H](O)[C@H](C)[C@@H]2[C@@H](C(O)=C2C(=O)NC(O)C2=O)[C@@H]1C[C@H]1O[C@@]2(CC[C@H](C)[C@@H](c3cc(O)cc(O)c3)O2)[C@@H](C)C[C@@H]1C. The summed E-state index contributed by atoms with van der Waals surface area (Å²) < 4.78 is 13.9. The molecule has 6 rings (SSSR count). The van der Waals surface area contributed by atoms with Crippen molar-refractivity contribution in [3.05, 3.63) is 46.7 Å². The number of carbonyl (C=O) groups excluding carboxylic acids is 2. The molecule has 1 amide bonds. The molecular weight excluding hydrogens is 590 g/mol. The van der Waals surface area contributed by atoms with Crippen molar-refractivity contribution < 1.29 is 44.6 Å². The molecule has 46 heavy (non-hydrogen) atoms. The van der Waals surface area contributed by atoms with Gasteiger partial charge in [-0.05, 0) is 92.2 Å². The van der Waals surface area contributed by atoms with Gasteiger partial charge in [0.1, 0.15) is 22.8 Å². The molecule has 3 heterocycles. The third-order valence-electron chi connectivity index (χ3n) is 12.0. The van der Waals surface area contributed by atoms with Gasteiger partial charge in [0.2, 0.25) is 5.78 Å². The van der Waals surface area contributed by atoms with E-state index in [0.717, 1.165) is 24.8 Å². The van der Waals surface area contributed by atoms with Crippen LogP contribution in [0.5, 0.6) is 11.5 Å². The Labute approximate surface area is 270 Å². The first kappa shape index (κ1) is 33.0. The van der Waals surface area contributed by atoms with E-state index >= 15 is 0 Å². The third kappa shape index (κ3) is 5.65. The Hall–Kier alpha value is -2.92. The second-order valence-electron chi connectivity index (χ2n) is 14.9. The van der Waals surface area contributed by atoms with Crippen molar-refractivity contribution in [1.82, 2.24) is 5.32 Å². The van der Waals surface area contributed by atoms with Crippen LogP contribution in [-0.2, 0) is 19.1 Å². The van der Waals surface area contributed by atoms with Crippen molar-refractivity contribution in [3.63, 3.8) is 0 Å². The van der Waals surface area contributed by atoms with Crippen LogP contribution in [0.2, 0.25) is 0 Å². The first-order valence-corrected chi connectivity index (χ1v) is 16.9. The van der Waals surface area contributed by atoms with E-state index in [2.05, 4.69) is 32.2 Å². The molecule has 10 heteroatoms. The molecule has 3 aliphatic heterocycles. The zero-order chi connectivity index (χ0) is 33.2. The van der Waals surface area contributed by atoms with Crippen LogP contribution in [0.1, 0.15) is 84.8 Å². The number of phenolic OH excluding ortho intramolecular Hbond substituents is 2. The van der Waals surface area contributed by atoms with Crippen molar-refractivity contribution >= 4 is 11.7 Å². The van der Waals surface area contributed by atoms with E-state index in [1.165, 1.54) is 6.07 Å². The van der Waals surface area contributed by atoms with Gasteiger partial charge in [-0.3, -0.25) is 9.59 Å². The van der Waals surface area contributed by atoms with Gasteiger partial charge in [-0.1, -0.05) is 39.3 Å². The Balaban J connectivity index is 1.35. The number of phenols is 2. The molecule has 5 aliphatic rings. The maximum absolute atomic E-state index is 12.9. The fourth-order valence-electron chi connectivity index (χ4n) is 9.40. The molecule has 6 N–H and O–H groups in total. The molecule has 252 valence electrons. The lowest BCUT2D eigenvalue weighted by molar-refractivity contribution is -0.356. The summed E-state index contributed by atoms with van der Waals surface area (Å²) in [5.74, 6) is -3.85. The average Bonchev–Trinajstić information content (AvgIpc) is 3.24. The van der Waals surface area contributed by atoms with E-state index in [1.54, 1.807) is 12.1 Å². The normalized spacial score (nSPS) is 44.0. The minimum atomic E-state index is -1.69. The number of aliphatic hydroxyl groups is 3. The van der Waals surface area contributed by atoms with Gasteiger partial charge in [0, 0.05) is 24.3 Å². The molecule has 2 aliphatic carbocycles. The van der Waals surface area contributed by atoms with E-state index in [9.17, 15) is 35.1 Å². The number of ketones is 1. The fraction of sp³-hybridized carbons (Fsp3) is 0.667. The Bertz CT molecular complexity index is 1420. The van der Waals surface area contributed by atoms with Gasteiger partial charge >= 0.3 is 0 Å². The Morgan fingerprint density at radius 3 is 2.33 bits per heavy atom. The number of carbonyl (C=O) groups is 2. The number of ether oxygens (including phenoxy) is 2. The Kier molecular flexibility index (Phi) is 8.80. The van der Waals surface area contributed by atoms with Crippen molar-refractivity contribution in [2.24, 2.45) is 47.3 Å². The molecule has 1 spiro atoms. The van der Waals surface area contributed by atoms with E-state index in [1.807, 2.05) is 13.8 Å². The molecule has 0 aromatic heterocycles. The van der Waals surface area contributed by atoms with Crippen LogP contribution in [0, 0.1) is 47.3 Å². The predicted molar refractivity (Wildman–Crippen MR) is 168 cm³/mol. The molecule has 10 nitrogen and oxygen atoms in total. The van der Waals surface area contributed by atoms with Gasteiger partial charge in [0.25, 0.3) is 5.91 Å². The minimum absolute atomic E-state index is 0.0311. The highest BCUT2D eigenvalue weighted by atomic mass is 16.7. The molecule has 1 unspecified atom stereocenters. The summed E-state index contributed by atoms with van der Waals surface area (Å²) in [7, 11) is 0. The number of hydrogen-bond acceptors (Lipinski definition) is 9. The topological polar surface area (TPSA) is 166 Å². The summed E-state index contributed by atoms with van der Waals surface area (Å²) >= 11 is 0. The number of amides is 1. The molecule has 13 atom stereocenters. The van der Waals surface area contributed by atoms with E-state index in [-0.39, 0.29) is 64.8 Å². The van der Waals surface area contributed by atoms with Crippen LogP contribution in [0.25, 0.3) is 0 Å². The molecule has 0 radical (unpaired) electrons. The monoisotopic (exact) mass is 639 g/mol. The Morgan fingerprint density at radius 1 is 0.978 bits per heavy atom. The van der Waals surface area contributed by atoms with Crippen molar-refractivity contribution in [1.29, 1.82) is 0 Å². The number of allylic oxidation sites excluding steroid dienone is 3.